The third-order valence-corrected chi connectivity index (χ3v) is 7.13. The van der Waals surface area contributed by atoms with E-state index in [-0.39, 0.29) is 30.0 Å². The van der Waals surface area contributed by atoms with Crippen LogP contribution in [-0.4, -0.2) is 58.0 Å². The zero-order chi connectivity index (χ0) is 23.4. The molecule has 0 unspecified atom stereocenters. The molecule has 0 atom stereocenters. The number of ether oxygens (including phenoxy) is 2. The molecule has 3 aromatic rings. The number of furan rings is 1. The molecular weight excluding hydrogens is 450 g/mol. The van der Waals surface area contributed by atoms with Crippen molar-refractivity contribution >= 4 is 32.8 Å². The molecule has 1 saturated heterocycles. The summed E-state index contributed by atoms with van der Waals surface area (Å²) in [5, 5.41) is 0.762. The molecule has 0 aliphatic carbocycles. The first kappa shape index (κ1) is 22.8. The van der Waals surface area contributed by atoms with Crippen LogP contribution in [-0.2, 0) is 26.0 Å². The van der Waals surface area contributed by atoms with Crippen molar-refractivity contribution in [2.45, 2.75) is 11.3 Å². The predicted octanol–water partition coefficient (Wildman–Crippen LogP) is 1.47. The fourth-order valence-electron chi connectivity index (χ4n) is 3.48. The summed E-state index contributed by atoms with van der Waals surface area (Å²) in [6.45, 7) is 1.16. The van der Waals surface area contributed by atoms with E-state index < -0.39 is 21.8 Å². The number of rotatable bonds is 6. The minimum Gasteiger partial charge on any atom is -0.497 e. The molecule has 174 valence electrons. The topological polar surface area (TPSA) is 127 Å². The maximum Gasteiger partial charge on any atom is 0.269 e. The number of benzene rings is 2. The lowest BCUT2D eigenvalue weighted by molar-refractivity contribution is -0.121. The van der Waals surface area contributed by atoms with Crippen molar-refractivity contribution in [3.8, 4) is 5.75 Å². The number of hydrazine groups is 1. The van der Waals surface area contributed by atoms with Gasteiger partial charge in [-0.2, -0.15) is 4.31 Å². The van der Waals surface area contributed by atoms with Gasteiger partial charge in [0.1, 0.15) is 11.3 Å². The first-order valence-electron chi connectivity index (χ1n) is 10.2. The van der Waals surface area contributed by atoms with Gasteiger partial charge in [-0.3, -0.25) is 20.4 Å². The number of nitrogens with zero attached hydrogens (tertiary/aromatic N) is 1. The number of hydrogen-bond acceptors (Lipinski definition) is 7. The Morgan fingerprint density at radius 2 is 1.88 bits per heavy atom. The lowest BCUT2D eigenvalue weighted by atomic mass is 10.1. The van der Waals surface area contributed by atoms with Crippen molar-refractivity contribution in [1.82, 2.24) is 15.2 Å². The van der Waals surface area contributed by atoms with E-state index in [1.807, 2.05) is 0 Å². The van der Waals surface area contributed by atoms with Crippen LogP contribution in [0.4, 0.5) is 0 Å². The van der Waals surface area contributed by atoms with Gasteiger partial charge in [0.05, 0.1) is 37.9 Å². The first-order valence-corrected chi connectivity index (χ1v) is 11.6. The van der Waals surface area contributed by atoms with E-state index in [0.29, 0.717) is 30.1 Å². The standard InChI is InChI=1S/C22H23N3O7S/c1-30-17-5-6-19-16(14-32-20(19)13-17)12-21(26)23-24-22(27)15-3-2-4-18(11-15)33(28,29)25-7-9-31-10-8-25/h2-6,11,13-14H,7-10,12H2,1H3,(H,23,26)(H,24,27). The molecule has 2 amide bonds. The Morgan fingerprint density at radius 3 is 2.64 bits per heavy atom. The number of sulfonamides is 1. The van der Waals surface area contributed by atoms with Crippen LogP contribution in [0.15, 0.2) is 58.0 Å². The van der Waals surface area contributed by atoms with Gasteiger partial charge in [0, 0.05) is 35.7 Å². The summed E-state index contributed by atoms with van der Waals surface area (Å²) in [7, 11) is -2.19. The molecule has 1 aromatic heterocycles. The number of hydrogen-bond donors (Lipinski definition) is 2. The second-order valence-corrected chi connectivity index (χ2v) is 9.28. The summed E-state index contributed by atoms with van der Waals surface area (Å²) < 4.78 is 42.7. The maximum atomic E-state index is 12.8. The number of fused-ring (bicyclic) bond motifs is 1. The molecule has 0 saturated carbocycles. The van der Waals surface area contributed by atoms with Gasteiger partial charge in [-0.1, -0.05) is 6.07 Å². The molecule has 11 heteroatoms. The van der Waals surface area contributed by atoms with E-state index in [0.717, 1.165) is 5.39 Å². The highest BCUT2D eigenvalue weighted by atomic mass is 32.2. The zero-order valence-electron chi connectivity index (χ0n) is 17.9. The van der Waals surface area contributed by atoms with Crippen LogP contribution in [0.2, 0.25) is 0 Å². The highest BCUT2D eigenvalue weighted by molar-refractivity contribution is 7.89. The summed E-state index contributed by atoms with van der Waals surface area (Å²) in [4.78, 5) is 24.8. The monoisotopic (exact) mass is 473 g/mol. The maximum absolute atomic E-state index is 12.8. The molecular formula is C22H23N3O7S. The van der Waals surface area contributed by atoms with Crippen LogP contribution < -0.4 is 15.6 Å². The number of morpholine rings is 1. The highest BCUT2D eigenvalue weighted by Gasteiger charge is 2.27. The van der Waals surface area contributed by atoms with Crippen LogP contribution in [0.5, 0.6) is 5.75 Å². The zero-order valence-corrected chi connectivity index (χ0v) is 18.7. The van der Waals surface area contributed by atoms with Crippen LogP contribution in [0.25, 0.3) is 11.0 Å². The molecule has 1 aliphatic rings. The quantitative estimate of drug-likeness (QED) is 0.519. The van der Waals surface area contributed by atoms with Gasteiger partial charge in [0.15, 0.2) is 0 Å². The molecule has 2 heterocycles. The van der Waals surface area contributed by atoms with Gasteiger partial charge in [-0.25, -0.2) is 8.42 Å². The largest absolute Gasteiger partial charge is 0.497 e. The third-order valence-electron chi connectivity index (χ3n) is 5.23. The predicted molar refractivity (Wildman–Crippen MR) is 118 cm³/mol. The van der Waals surface area contributed by atoms with Crippen molar-refractivity contribution in [1.29, 1.82) is 0 Å². The Morgan fingerprint density at radius 1 is 1.09 bits per heavy atom. The molecule has 2 N–H and O–H groups in total. The smallest absolute Gasteiger partial charge is 0.269 e. The second-order valence-electron chi connectivity index (χ2n) is 7.35. The average molecular weight is 474 g/mol. The minimum atomic E-state index is -3.74. The number of carbonyl (C=O) groups excluding carboxylic acids is 2. The van der Waals surface area contributed by atoms with Gasteiger partial charge < -0.3 is 13.9 Å². The minimum absolute atomic E-state index is 0.00340. The van der Waals surface area contributed by atoms with Crippen molar-refractivity contribution in [2.24, 2.45) is 0 Å². The Kier molecular flexibility index (Phi) is 6.63. The van der Waals surface area contributed by atoms with Gasteiger partial charge in [0.25, 0.3) is 5.91 Å². The normalized spacial score (nSPS) is 14.7. The fraction of sp³-hybridized carbons (Fsp3) is 0.273. The van der Waals surface area contributed by atoms with Crippen molar-refractivity contribution in [2.75, 3.05) is 33.4 Å². The fourth-order valence-corrected chi connectivity index (χ4v) is 4.93. The number of methoxy groups -OCH3 is 1. The second kappa shape index (κ2) is 9.61. The number of amides is 2. The van der Waals surface area contributed by atoms with Gasteiger partial charge in [-0.05, 0) is 30.3 Å². The summed E-state index contributed by atoms with van der Waals surface area (Å²) >= 11 is 0. The Labute approximate surface area is 190 Å². The first-order chi connectivity index (χ1) is 15.9. The molecule has 1 aliphatic heterocycles. The van der Waals surface area contributed by atoms with E-state index in [1.165, 1.54) is 34.8 Å². The van der Waals surface area contributed by atoms with E-state index in [2.05, 4.69) is 10.9 Å². The molecule has 2 aromatic carbocycles. The molecule has 33 heavy (non-hydrogen) atoms. The number of nitrogens with one attached hydrogen (secondary N) is 2. The summed E-state index contributed by atoms with van der Waals surface area (Å²) in [5.41, 5.74) is 6.00. The van der Waals surface area contributed by atoms with Crippen LogP contribution >= 0.6 is 0 Å². The molecule has 1 fully saturated rings. The van der Waals surface area contributed by atoms with Crippen molar-refractivity contribution < 1.29 is 31.9 Å². The Bertz CT molecular complexity index is 1280. The lowest BCUT2D eigenvalue weighted by Gasteiger charge is -2.26. The summed E-state index contributed by atoms with van der Waals surface area (Å²) in [5.74, 6) is -0.457. The molecule has 0 spiro atoms. The Hall–Kier alpha value is -3.41. The van der Waals surface area contributed by atoms with Crippen molar-refractivity contribution in [3.05, 3.63) is 59.9 Å². The van der Waals surface area contributed by atoms with Crippen molar-refractivity contribution in [3.63, 3.8) is 0 Å². The van der Waals surface area contributed by atoms with E-state index >= 15 is 0 Å². The SMILES string of the molecule is COc1ccc2c(CC(=O)NNC(=O)c3cccc(S(=O)(=O)N4CCOCC4)c3)coc2c1. The highest BCUT2D eigenvalue weighted by Crippen LogP contribution is 2.25. The van der Waals surface area contributed by atoms with Crippen LogP contribution in [0.3, 0.4) is 0 Å². The van der Waals surface area contributed by atoms with Crippen LogP contribution in [0, 0.1) is 0 Å². The van der Waals surface area contributed by atoms with E-state index in [4.69, 9.17) is 13.9 Å². The third kappa shape index (κ3) is 5.00. The van der Waals surface area contributed by atoms with Crippen LogP contribution in [0.1, 0.15) is 15.9 Å². The molecule has 0 radical (unpaired) electrons. The average Bonchev–Trinajstić information content (AvgIpc) is 3.24. The Balaban J connectivity index is 1.39. The van der Waals surface area contributed by atoms with E-state index in [1.54, 1.807) is 25.3 Å². The van der Waals surface area contributed by atoms with Gasteiger partial charge >= 0.3 is 0 Å². The number of carbonyl (C=O) groups is 2. The molecule has 4 rings (SSSR count). The molecule has 0 bridgehead atoms. The molecule has 10 nitrogen and oxygen atoms in total. The summed E-state index contributed by atoms with van der Waals surface area (Å²) in [6, 6.07) is 10.9. The van der Waals surface area contributed by atoms with E-state index in [9.17, 15) is 18.0 Å². The lowest BCUT2D eigenvalue weighted by Crippen LogP contribution is -2.42. The van der Waals surface area contributed by atoms with Gasteiger partial charge in [0.2, 0.25) is 15.9 Å². The summed E-state index contributed by atoms with van der Waals surface area (Å²) in [6.07, 6.45) is 1.45. The van der Waals surface area contributed by atoms with Gasteiger partial charge in [-0.15, -0.1) is 0 Å².